The molecule has 0 bridgehead atoms. The molecule has 2 heterocycles. The van der Waals surface area contributed by atoms with Crippen LogP contribution in [0.4, 0.5) is 5.82 Å². The maximum Gasteiger partial charge on any atom is 0.183 e. The van der Waals surface area contributed by atoms with Crippen LogP contribution in [0.15, 0.2) is 46.8 Å². The van der Waals surface area contributed by atoms with Crippen molar-refractivity contribution in [2.24, 2.45) is 11.0 Å². The molecule has 32 heavy (non-hydrogen) atoms. The van der Waals surface area contributed by atoms with Crippen LogP contribution in [-0.2, 0) is 9.59 Å². The topological polar surface area (TPSA) is 137 Å². The summed E-state index contributed by atoms with van der Waals surface area (Å²) in [6.07, 6.45) is 5.93. The van der Waals surface area contributed by atoms with Gasteiger partial charge in [-0.15, -0.1) is 0 Å². The number of hydrazone groups is 1. The van der Waals surface area contributed by atoms with E-state index in [0.717, 1.165) is 12.8 Å². The number of ketones is 2. The zero-order valence-electron chi connectivity index (χ0n) is 18.0. The normalized spacial score (nSPS) is 18.1. The van der Waals surface area contributed by atoms with Crippen LogP contribution in [0.25, 0.3) is 5.82 Å². The molecule has 1 aliphatic rings. The minimum atomic E-state index is -0.339. The van der Waals surface area contributed by atoms with Crippen LogP contribution in [0.3, 0.4) is 0 Å². The van der Waals surface area contributed by atoms with E-state index >= 15 is 0 Å². The quantitative estimate of drug-likeness (QED) is 0.694. The third kappa shape index (κ3) is 4.62. The minimum Gasteiger partial charge on any atom is -0.293 e. The fourth-order valence-electron chi connectivity index (χ4n) is 3.58. The summed E-state index contributed by atoms with van der Waals surface area (Å²) in [5.74, 6) is -0.158. The summed E-state index contributed by atoms with van der Waals surface area (Å²) in [5.41, 5.74) is 3.14. The molecule has 0 saturated carbocycles. The van der Waals surface area contributed by atoms with E-state index in [9.17, 15) is 20.1 Å². The predicted octanol–water partition coefficient (Wildman–Crippen LogP) is 3.49. The lowest BCUT2D eigenvalue weighted by Crippen LogP contribution is -2.28. The first-order chi connectivity index (χ1) is 15.5. The van der Waals surface area contributed by atoms with E-state index in [1.165, 1.54) is 10.9 Å². The molecule has 0 aromatic carbocycles. The third-order valence-corrected chi connectivity index (χ3v) is 5.38. The van der Waals surface area contributed by atoms with Crippen molar-refractivity contribution in [1.82, 2.24) is 14.8 Å². The lowest BCUT2D eigenvalue weighted by Gasteiger charge is -2.19. The van der Waals surface area contributed by atoms with Gasteiger partial charge in [0.05, 0.1) is 6.20 Å². The number of aromatic nitrogens is 3. The van der Waals surface area contributed by atoms with E-state index < -0.39 is 0 Å². The lowest BCUT2D eigenvalue weighted by molar-refractivity contribution is -0.120. The summed E-state index contributed by atoms with van der Waals surface area (Å²) >= 11 is 0. The predicted molar refractivity (Wildman–Crippen MR) is 118 cm³/mol. The van der Waals surface area contributed by atoms with E-state index in [0.29, 0.717) is 18.7 Å². The van der Waals surface area contributed by atoms with Gasteiger partial charge in [-0.3, -0.25) is 15.0 Å². The van der Waals surface area contributed by atoms with Gasteiger partial charge in [0.1, 0.15) is 29.0 Å². The minimum absolute atomic E-state index is 0.00139. The number of allylic oxidation sites excluding steroid dienone is 2. The Morgan fingerprint density at radius 3 is 2.75 bits per heavy atom. The molecule has 9 nitrogen and oxygen atoms in total. The molecule has 2 aromatic heterocycles. The van der Waals surface area contributed by atoms with Crippen molar-refractivity contribution in [3.8, 4) is 18.0 Å². The number of nitrogens with zero attached hydrogens (tertiary/aromatic N) is 6. The number of unbranched alkanes of at least 4 members (excludes halogenated alkanes) is 1. The van der Waals surface area contributed by atoms with Crippen LogP contribution < -0.4 is 5.43 Å². The van der Waals surface area contributed by atoms with Crippen LogP contribution in [0.1, 0.15) is 51.5 Å². The summed E-state index contributed by atoms with van der Waals surface area (Å²) in [4.78, 5) is 30.1. The molecule has 162 valence electrons. The molecule has 1 aliphatic carbocycles. The summed E-state index contributed by atoms with van der Waals surface area (Å²) < 4.78 is 1.40. The molecule has 0 fully saturated rings. The van der Waals surface area contributed by atoms with Gasteiger partial charge in [-0.2, -0.15) is 25.4 Å². The number of carbonyl (C=O) groups is 2. The smallest absolute Gasteiger partial charge is 0.183 e. The molecule has 0 spiro atoms. The van der Waals surface area contributed by atoms with Crippen molar-refractivity contribution in [3.05, 3.63) is 47.3 Å². The lowest BCUT2D eigenvalue weighted by atomic mass is 9.82. The Hall–Kier alpha value is -4.11. The average molecular weight is 429 g/mol. The summed E-state index contributed by atoms with van der Waals surface area (Å²) in [7, 11) is 0. The molecule has 2 aromatic rings. The van der Waals surface area contributed by atoms with Crippen LogP contribution in [0.5, 0.6) is 0 Å². The number of anilines is 1. The highest BCUT2D eigenvalue weighted by molar-refractivity contribution is 6.47. The molecule has 1 atom stereocenters. The van der Waals surface area contributed by atoms with Gasteiger partial charge < -0.3 is 0 Å². The summed E-state index contributed by atoms with van der Waals surface area (Å²) in [6, 6.07) is 9.23. The van der Waals surface area contributed by atoms with Crippen LogP contribution in [0.2, 0.25) is 0 Å². The fourth-order valence-corrected chi connectivity index (χ4v) is 3.58. The third-order valence-electron chi connectivity index (χ3n) is 5.38. The molecule has 0 amide bonds. The first-order valence-electron chi connectivity index (χ1n) is 10.4. The van der Waals surface area contributed by atoms with Crippen molar-refractivity contribution in [2.45, 2.75) is 46.0 Å². The average Bonchev–Trinajstić information content (AvgIpc) is 3.22. The Labute approximate surface area is 186 Å². The largest absolute Gasteiger partial charge is 0.293 e. The van der Waals surface area contributed by atoms with Gasteiger partial charge in [0, 0.05) is 24.1 Å². The second kappa shape index (κ2) is 10.3. The van der Waals surface area contributed by atoms with Crippen molar-refractivity contribution in [2.75, 3.05) is 5.43 Å². The van der Waals surface area contributed by atoms with Crippen molar-refractivity contribution in [1.29, 1.82) is 10.5 Å². The highest BCUT2D eigenvalue weighted by Gasteiger charge is 2.30. The second-order valence-corrected chi connectivity index (χ2v) is 7.47. The Balaban J connectivity index is 2.01. The van der Waals surface area contributed by atoms with Gasteiger partial charge in [-0.05, 0) is 31.9 Å². The number of hydrogen-bond acceptors (Lipinski definition) is 8. The van der Waals surface area contributed by atoms with Crippen LogP contribution in [0, 0.1) is 28.6 Å². The zero-order valence-corrected chi connectivity index (χ0v) is 18.0. The zero-order chi connectivity index (χ0) is 23.1. The van der Waals surface area contributed by atoms with Crippen molar-refractivity contribution >= 4 is 23.1 Å². The van der Waals surface area contributed by atoms with Gasteiger partial charge in [0.25, 0.3) is 0 Å². The molecule has 0 aliphatic heterocycles. The van der Waals surface area contributed by atoms with E-state index in [-0.39, 0.29) is 52.1 Å². The molecule has 0 saturated heterocycles. The maximum absolute atomic E-state index is 12.9. The van der Waals surface area contributed by atoms with Gasteiger partial charge in [-0.25, -0.2) is 4.98 Å². The molecule has 9 heteroatoms. The van der Waals surface area contributed by atoms with Gasteiger partial charge in [0.2, 0.25) is 0 Å². The number of nitriles is 2. The SMILES string of the molecule is CCCCC1CCC(=O)C(=NNc2c(C#N)cnn2-c2ccccn2)C(C)=C(C#N)C1=O. The number of hydrogen-bond donors (Lipinski definition) is 1. The molecule has 0 radical (unpaired) electrons. The van der Waals surface area contributed by atoms with E-state index in [2.05, 4.69) is 20.6 Å². The number of nitrogens with one attached hydrogen (secondary N) is 1. The van der Waals surface area contributed by atoms with E-state index in [1.54, 1.807) is 31.3 Å². The summed E-state index contributed by atoms with van der Waals surface area (Å²) in [5, 5.41) is 27.5. The fraction of sp³-hybridized carbons (Fsp3) is 0.348. The summed E-state index contributed by atoms with van der Waals surface area (Å²) in [6.45, 7) is 3.59. The first-order valence-corrected chi connectivity index (χ1v) is 10.4. The molecule has 1 N–H and O–H groups in total. The Morgan fingerprint density at radius 2 is 2.09 bits per heavy atom. The monoisotopic (exact) mass is 429 g/mol. The first kappa shape index (κ1) is 22.6. The van der Waals surface area contributed by atoms with Crippen molar-refractivity contribution < 1.29 is 9.59 Å². The molecular weight excluding hydrogens is 406 g/mol. The molecule has 3 rings (SSSR count). The molecular formula is C23H23N7O2. The van der Waals surface area contributed by atoms with Gasteiger partial charge in [-0.1, -0.05) is 25.8 Å². The van der Waals surface area contributed by atoms with Gasteiger partial charge in [0.15, 0.2) is 23.2 Å². The van der Waals surface area contributed by atoms with E-state index in [4.69, 9.17) is 0 Å². The number of Topliss-reactive ketones (excluding diaryl/α,β-unsaturated/α-hetero) is 2. The Kier molecular flexibility index (Phi) is 7.25. The second-order valence-electron chi connectivity index (χ2n) is 7.47. The van der Waals surface area contributed by atoms with Crippen LogP contribution >= 0.6 is 0 Å². The Morgan fingerprint density at radius 1 is 1.28 bits per heavy atom. The van der Waals surface area contributed by atoms with E-state index in [1.807, 2.05) is 19.1 Å². The van der Waals surface area contributed by atoms with Crippen LogP contribution in [-0.4, -0.2) is 32.0 Å². The highest BCUT2D eigenvalue weighted by atomic mass is 16.1. The Bertz CT molecular complexity index is 1160. The number of pyridine rings is 1. The maximum atomic E-state index is 12.9. The number of rotatable bonds is 6. The highest BCUT2D eigenvalue weighted by Crippen LogP contribution is 2.26. The standard InChI is InChI=1S/C23H23N7O2/c1-3-4-7-16-9-10-19(31)21(15(2)18(13-25)22(16)32)28-29-23-17(12-24)14-27-30(23)20-8-5-6-11-26-20/h5-6,8,11,14,16,29H,3-4,7,9-10H2,1-2H3. The van der Waals surface area contributed by atoms with Gasteiger partial charge >= 0.3 is 0 Å². The van der Waals surface area contributed by atoms with Crippen molar-refractivity contribution in [3.63, 3.8) is 0 Å². The molecule has 1 unspecified atom stereocenters. The number of carbonyl (C=O) groups excluding carboxylic acids is 2.